The third-order valence-electron chi connectivity index (χ3n) is 4.46. The Balaban J connectivity index is 0.00000280. The Morgan fingerprint density at radius 1 is 1.29 bits per heavy atom. The van der Waals surface area contributed by atoms with Crippen LogP contribution in [0.4, 0.5) is 0 Å². The Labute approximate surface area is 192 Å². The van der Waals surface area contributed by atoms with Gasteiger partial charge in [-0.25, -0.2) is 4.99 Å². The zero-order chi connectivity index (χ0) is 19.1. The molecule has 1 aromatic carbocycles. The summed E-state index contributed by atoms with van der Waals surface area (Å²) in [6.45, 7) is 3.63. The minimum absolute atomic E-state index is 0. The van der Waals surface area contributed by atoms with E-state index in [1.807, 2.05) is 37.3 Å². The van der Waals surface area contributed by atoms with Gasteiger partial charge in [0, 0.05) is 23.5 Å². The van der Waals surface area contributed by atoms with Gasteiger partial charge in [0.1, 0.15) is 11.9 Å². The third kappa shape index (κ3) is 6.79. The number of thiophene rings is 1. The van der Waals surface area contributed by atoms with E-state index in [2.05, 4.69) is 15.6 Å². The van der Waals surface area contributed by atoms with Gasteiger partial charge in [0.05, 0.1) is 17.0 Å². The fourth-order valence-corrected chi connectivity index (χ4v) is 3.77. The van der Waals surface area contributed by atoms with Crippen LogP contribution in [-0.4, -0.2) is 30.3 Å². The van der Waals surface area contributed by atoms with Gasteiger partial charge in [0.15, 0.2) is 5.96 Å². The maximum absolute atomic E-state index is 10.3. The molecule has 28 heavy (non-hydrogen) atoms. The summed E-state index contributed by atoms with van der Waals surface area (Å²) in [6, 6.07) is 11.7. The Morgan fingerprint density at radius 3 is 2.71 bits per heavy atom. The van der Waals surface area contributed by atoms with Crippen molar-refractivity contribution in [3.63, 3.8) is 0 Å². The van der Waals surface area contributed by atoms with Crippen molar-refractivity contribution in [3.05, 3.63) is 51.2 Å². The number of para-hydroxylation sites is 1. The number of aliphatic hydroxyl groups is 1. The second-order valence-corrected chi connectivity index (χ2v) is 8.26. The lowest BCUT2D eigenvalue weighted by atomic mass is 9.96. The molecule has 0 radical (unpaired) electrons. The molecule has 1 heterocycles. The van der Waals surface area contributed by atoms with Crippen LogP contribution in [-0.2, 0) is 6.54 Å². The fraction of sp³-hybridized carbons (Fsp3) is 0.450. The van der Waals surface area contributed by atoms with Crippen molar-refractivity contribution >= 4 is 52.9 Å². The smallest absolute Gasteiger partial charge is 0.191 e. The Hall–Kier alpha value is -1.03. The first kappa shape index (κ1) is 23.3. The van der Waals surface area contributed by atoms with Gasteiger partial charge in [0.2, 0.25) is 0 Å². The van der Waals surface area contributed by atoms with E-state index in [9.17, 15) is 5.11 Å². The maximum atomic E-state index is 10.3. The minimum Gasteiger partial charge on any atom is -0.490 e. The molecule has 8 heteroatoms. The van der Waals surface area contributed by atoms with Crippen molar-refractivity contribution < 1.29 is 9.84 Å². The molecular weight excluding hydrogens is 509 g/mol. The number of halogens is 2. The quantitative estimate of drug-likeness (QED) is 0.260. The van der Waals surface area contributed by atoms with E-state index < -0.39 is 6.10 Å². The predicted molar refractivity (Wildman–Crippen MR) is 127 cm³/mol. The Morgan fingerprint density at radius 2 is 2.07 bits per heavy atom. The molecule has 1 saturated carbocycles. The molecule has 1 aliphatic rings. The zero-order valence-electron chi connectivity index (χ0n) is 15.9. The number of aliphatic imine (C=N–C) groups is 1. The summed E-state index contributed by atoms with van der Waals surface area (Å²) >= 11 is 7.32. The van der Waals surface area contributed by atoms with Gasteiger partial charge in [-0.3, -0.25) is 0 Å². The maximum Gasteiger partial charge on any atom is 0.191 e. The van der Waals surface area contributed by atoms with Crippen LogP contribution in [0, 0.1) is 0 Å². The first-order valence-electron chi connectivity index (χ1n) is 9.35. The van der Waals surface area contributed by atoms with E-state index in [1.165, 1.54) is 17.8 Å². The molecule has 2 aromatic rings. The van der Waals surface area contributed by atoms with Gasteiger partial charge in [-0.15, -0.1) is 35.3 Å². The molecule has 1 aliphatic carbocycles. The van der Waals surface area contributed by atoms with Crippen LogP contribution in [0.5, 0.6) is 5.75 Å². The average Bonchev–Trinajstić information content (AvgIpc) is 3.07. The molecule has 3 rings (SSSR count). The third-order valence-corrected chi connectivity index (χ3v) is 5.79. The van der Waals surface area contributed by atoms with Crippen LogP contribution in [0.25, 0.3) is 0 Å². The van der Waals surface area contributed by atoms with Crippen LogP contribution >= 0.6 is 46.9 Å². The minimum atomic E-state index is -0.624. The molecule has 1 unspecified atom stereocenters. The average molecular weight is 536 g/mol. The highest BCUT2D eigenvalue weighted by Gasteiger charge is 2.20. The SMILES string of the molecule is CCNC(=NCc1ccccc1OC1CCC1)NCC(O)c1ccc(Cl)s1.I. The second kappa shape index (κ2) is 11.8. The monoisotopic (exact) mass is 535 g/mol. The summed E-state index contributed by atoms with van der Waals surface area (Å²) < 4.78 is 6.74. The van der Waals surface area contributed by atoms with Crippen LogP contribution < -0.4 is 15.4 Å². The van der Waals surface area contributed by atoms with E-state index >= 15 is 0 Å². The van der Waals surface area contributed by atoms with Crippen molar-refractivity contribution in [1.29, 1.82) is 0 Å². The molecule has 5 nitrogen and oxygen atoms in total. The summed E-state index contributed by atoms with van der Waals surface area (Å²) in [6.07, 6.45) is 3.23. The highest BCUT2D eigenvalue weighted by atomic mass is 127. The van der Waals surface area contributed by atoms with Gasteiger partial charge < -0.3 is 20.5 Å². The molecule has 154 valence electrons. The van der Waals surface area contributed by atoms with Gasteiger partial charge in [0.25, 0.3) is 0 Å². The molecule has 1 atom stereocenters. The summed E-state index contributed by atoms with van der Waals surface area (Å²) in [4.78, 5) is 5.48. The van der Waals surface area contributed by atoms with E-state index in [4.69, 9.17) is 16.3 Å². The van der Waals surface area contributed by atoms with Gasteiger partial charge in [-0.2, -0.15) is 0 Å². The summed E-state index contributed by atoms with van der Waals surface area (Å²) in [5.41, 5.74) is 1.06. The summed E-state index contributed by atoms with van der Waals surface area (Å²) in [5, 5.41) is 16.7. The number of rotatable bonds is 8. The predicted octanol–water partition coefficient (Wildman–Crippen LogP) is 4.74. The van der Waals surface area contributed by atoms with E-state index in [-0.39, 0.29) is 24.0 Å². The number of aliphatic hydroxyl groups excluding tert-OH is 1. The number of nitrogens with zero attached hydrogens (tertiary/aromatic N) is 1. The standard InChI is InChI=1S/C20H26ClN3O2S.HI/c1-2-22-20(24-13-16(25)18-10-11-19(21)27-18)23-12-14-6-3-4-9-17(14)26-15-7-5-8-15;/h3-4,6,9-11,15-16,25H,2,5,7-8,12-13H2,1H3,(H2,22,23,24);1H. The molecule has 1 aromatic heterocycles. The molecule has 0 amide bonds. The van der Waals surface area contributed by atoms with Crippen LogP contribution in [0.15, 0.2) is 41.4 Å². The van der Waals surface area contributed by atoms with Gasteiger partial charge >= 0.3 is 0 Å². The van der Waals surface area contributed by atoms with Gasteiger partial charge in [-0.05, 0) is 44.4 Å². The van der Waals surface area contributed by atoms with Crippen LogP contribution in [0.3, 0.4) is 0 Å². The number of guanidine groups is 1. The van der Waals surface area contributed by atoms with Crippen LogP contribution in [0.1, 0.15) is 42.7 Å². The largest absolute Gasteiger partial charge is 0.490 e. The second-order valence-electron chi connectivity index (χ2n) is 6.51. The lowest BCUT2D eigenvalue weighted by molar-refractivity contribution is 0.119. The first-order chi connectivity index (χ1) is 13.2. The molecule has 0 bridgehead atoms. The summed E-state index contributed by atoms with van der Waals surface area (Å²) in [5.74, 6) is 1.58. The normalized spacial score (nSPS) is 15.3. The van der Waals surface area contributed by atoms with E-state index in [1.54, 1.807) is 6.07 Å². The van der Waals surface area contributed by atoms with Gasteiger partial charge in [-0.1, -0.05) is 29.8 Å². The van der Waals surface area contributed by atoms with Crippen molar-refractivity contribution in [3.8, 4) is 5.75 Å². The lowest BCUT2D eigenvalue weighted by Crippen LogP contribution is -2.39. The fourth-order valence-electron chi connectivity index (χ4n) is 2.72. The lowest BCUT2D eigenvalue weighted by Gasteiger charge is -2.27. The molecule has 0 aliphatic heterocycles. The number of ether oxygens (including phenoxy) is 1. The van der Waals surface area contributed by atoms with Crippen molar-refractivity contribution in [1.82, 2.24) is 10.6 Å². The van der Waals surface area contributed by atoms with Crippen molar-refractivity contribution in [2.45, 2.75) is 44.9 Å². The van der Waals surface area contributed by atoms with E-state index in [0.717, 1.165) is 35.6 Å². The number of hydrogen-bond acceptors (Lipinski definition) is 4. The van der Waals surface area contributed by atoms with Crippen LogP contribution in [0.2, 0.25) is 4.34 Å². The molecule has 3 N–H and O–H groups in total. The molecule has 1 fully saturated rings. The molecule has 0 saturated heterocycles. The topological polar surface area (TPSA) is 65.9 Å². The highest BCUT2D eigenvalue weighted by Crippen LogP contribution is 2.28. The van der Waals surface area contributed by atoms with Crippen molar-refractivity contribution in [2.24, 2.45) is 4.99 Å². The number of nitrogens with one attached hydrogen (secondary N) is 2. The number of benzene rings is 1. The Kier molecular flexibility index (Phi) is 9.84. The highest BCUT2D eigenvalue weighted by molar-refractivity contribution is 14.0. The molecular formula is C20H27ClIN3O2S. The Bertz CT molecular complexity index is 767. The number of hydrogen-bond donors (Lipinski definition) is 3. The molecule has 0 spiro atoms. The summed E-state index contributed by atoms with van der Waals surface area (Å²) in [7, 11) is 0. The zero-order valence-corrected chi connectivity index (χ0v) is 19.8. The van der Waals surface area contributed by atoms with E-state index in [0.29, 0.717) is 29.5 Å². The van der Waals surface area contributed by atoms with Crippen molar-refractivity contribution in [2.75, 3.05) is 13.1 Å². The first-order valence-corrected chi connectivity index (χ1v) is 10.5.